The summed E-state index contributed by atoms with van der Waals surface area (Å²) in [4.78, 5) is 38.1. The number of nitrogens with one attached hydrogen (secondary N) is 2. The summed E-state index contributed by atoms with van der Waals surface area (Å²) in [6.45, 7) is 4.04. The minimum Gasteiger partial charge on any atom is -0.492 e. The number of ether oxygens (including phenoxy) is 2. The van der Waals surface area contributed by atoms with Gasteiger partial charge in [-0.05, 0) is 49.2 Å². The predicted octanol–water partition coefficient (Wildman–Crippen LogP) is 4.81. The van der Waals surface area contributed by atoms with E-state index in [1.54, 1.807) is 36.4 Å². The lowest BCUT2D eigenvalue weighted by molar-refractivity contribution is -0.150. The van der Waals surface area contributed by atoms with Crippen LogP contribution >= 0.6 is 35.0 Å². The Balaban J connectivity index is 1.93. The Morgan fingerprint density at radius 1 is 1.22 bits per heavy atom. The van der Waals surface area contributed by atoms with Crippen molar-refractivity contribution < 1.29 is 23.9 Å². The van der Waals surface area contributed by atoms with Crippen LogP contribution in [0.3, 0.4) is 0 Å². The Morgan fingerprint density at radius 3 is 2.61 bits per heavy atom. The molecule has 1 aliphatic heterocycles. The molecule has 2 amide bonds. The molecule has 0 aromatic heterocycles. The molecule has 0 saturated heterocycles. The monoisotopic (exact) mass is 547 g/mol. The first-order valence-corrected chi connectivity index (χ1v) is 12.6. The maximum atomic E-state index is 13.0. The van der Waals surface area contributed by atoms with Crippen LogP contribution in [0.1, 0.15) is 24.0 Å². The van der Waals surface area contributed by atoms with Crippen molar-refractivity contribution in [2.24, 2.45) is 5.92 Å². The van der Waals surface area contributed by atoms with Crippen molar-refractivity contribution in [2.75, 3.05) is 24.8 Å². The number of benzene rings is 2. The number of carbonyl (C=O) groups excluding carboxylic acids is 3. The summed E-state index contributed by atoms with van der Waals surface area (Å²) >= 11 is 13.3. The predicted molar refractivity (Wildman–Crippen MR) is 139 cm³/mol. The van der Waals surface area contributed by atoms with Gasteiger partial charge in [-0.15, -0.1) is 0 Å². The van der Waals surface area contributed by atoms with Crippen LogP contribution in [0.2, 0.25) is 10.0 Å². The van der Waals surface area contributed by atoms with Gasteiger partial charge in [-0.25, -0.2) is 0 Å². The molecule has 36 heavy (non-hydrogen) atoms. The van der Waals surface area contributed by atoms with E-state index in [1.807, 2.05) is 13.8 Å². The number of aryl methyl sites for hydroxylation is 1. The molecule has 0 bridgehead atoms. The number of rotatable bonds is 8. The van der Waals surface area contributed by atoms with Gasteiger partial charge in [-0.3, -0.25) is 14.4 Å². The third-order valence-electron chi connectivity index (χ3n) is 5.42. The molecule has 0 saturated carbocycles. The van der Waals surface area contributed by atoms with Gasteiger partial charge >= 0.3 is 5.97 Å². The smallest absolute Gasteiger partial charge is 0.319 e. The van der Waals surface area contributed by atoms with Crippen LogP contribution in [0.5, 0.6) is 5.75 Å². The number of methoxy groups -OCH3 is 1. The van der Waals surface area contributed by atoms with Crippen LogP contribution in [0, 0.1) is 24.2 Å². The SMILES string of the molecule is CCOc1ccc([C@@H]2C(C#N)=C(SCC(=O)Nc3cc(Cl)ccc3C)NC(=O)[C@H]2C(=O)OC)cc1Cl. The largest absolute Gasteiger partial charge is 0.492 e. The standard InChI is InChI=1S/C25H23Cl2N3O5S/c1-4-35-19-8-6-14(9-17(19)27)21-16(11-28)24(30-23(32)22(21)25(33)34-3)36-12-20(31)29-18-10-15(26)7-5-13(18)2/h5-10,21-22H,4,12H2,1-3H3,(H,29,31)(H,30,32)/t21-,22+/m1/s1. The number of allylic oxidation sites excluding steroid dienone is 1. The fraction of sp³-hybridized carbons (Fsp3) is 0.280. The zero-order valence-electron chi connectivity index (χ0n) is 19.7. The van der Waals surface area contributed by atoms with E-state index in [-0.39, 0.29) is 27.3 Å². The van der Waals surface area contributed by atoms with E-state index in [0.29, 0.717) is 28.6 Å². The summed E-state index contributed by atoms with van der Waals surface area (Å²) in [6, 6.07) is 12.0. The fourth-order valence-corrected chi connectivity index (χ4v) is 4.98. The van der Waals surface area contributed by atoms with Crippen LogP contribution in [0.25, 0.3) is 0 Å². The van der Waals surface area contributed by atoms with Crippen molar-refractivity contribution >= 4 is 58.4 Å². The number of carbonyl (C=O) groups is 3. The molecule has 2 N–H and O–H groups in total. The molecule has 1 aliphatic rings. The number of nitrogens with zero attached hydrogens (tertiary/aromatic N) is 1. The van der Waals surface area contributed by atoms with Gasteiger partial charge in [0.1, 0.15) is 11.7 Å². The number of halogens is 2. The van der Waals surface area contributed by atoms with E-state index in [2.05, 4.69) is 16.7 Å². The van der Waals surface area contributed by atoms with Gasteiger partial charge in [0.15, 0.2) is 0 Å². The normalized spacial score (nSPS) is 17.2. The Kier molecular flexibility index (Phi) is 9.26. The second-order valence-electron chi connectivity index (χ2n) is 7.74. The first-order chi connectivity index (χ1) is 17.2. The summed E-state index contributed by atoms with van der Waals surface area (Å²) in [6.07, 6.45) is 0. The lowest BCUT2D eigenvalue weighted by Gasteiger charge is -2.31. The number of amides is 2. The highest BCUT2D eigenvalue weighted by atomic mass is 35.5. The summed E-state index contributed by atoms with van der Waals surface area (Å²) < 4.78 is 10.3. The van der Waals surface area contributed by atoms with E-state index >= 15 is 0 Å². The van der Waals surface area contributed by atoms with Gasteiger partial charge in [-0.1, -0.05) is 47.1 Å². The van der Waals surface area contributed by atoms with Crippen molar-refractivity contribution in [3.63, 3.8) is 0 Å². The van der Waals surface area contributed by atoms with E-state index in [0.717, 1.165) is 17.3 Å². The lowest BCUT2D eigenvalue weighted by atomic mass is 9.78. The minimum atomic E-state index is -1.31. The Labute approximate surface area is 222 Å². The molecule has 2 atom stereocenters. The first kappa shape index (κ1) is 27.4. The van der Waals surface area contributed by atoms with E-state index < -0.39 is 23.7 Å². The highest BCUT2D eigenvalue weighted by Gasteiger charge is 2.44. The Bertz CT molecular complexity index is 1270. The molecular formula is C25H23Cl2N3O5S. The second-order valence-corrected chi connectivity index (χ2v) is 9.57. The van der Waals surface area contributed by atoms with Crippen LogP contribution in [-0.4, -0.2) is 37.3 Å². The Hall–Kier alpha value is -3.19. The molecule has 188 valence electrons. The molecule has 2 aromatic rings. The van der Waals surface area contributed by atoms with Gasteiger partial charge in [0.25, 0.3) is 0 Å². The molecule has 0 fully saturated rings. The molecule has 0 spiro atoms. The summed E-state index contributed by atoms with van der Waals surface area (Å²) in [5.74, 6) is -3.76. The number of anilines is 1. The number of nitriles is 1. The topological polar surface area (TPSA) is 118 Å². The average molecular weight is 548 g/mol. The molecule has 3 rings (SSSR count). The summed E-state index contributed by atoms with van der Waals surface area (Å²) in [5.41, 5.74) is 1.96. The molecule has 2 aromatic carbocycles. The minimum absolute atomic E-state index is 0.105. The van der Waals surface area contributed by atoms with Gasteiger partial charge < -0.3 is 20.1 Å². The molecular weight excluding hydrogens is 525 g/mol. The van der Waals surface area contributed by atoms with E-state index in [1.165, 1.54) is 7.11 Å². The van der Waals surface area contributed by atoms with Crippen LogP contribution in [-0.2, 0) is 19.1 Å². The molecule has 0 radical (unpaired) electrons. The molecule has 0 aliphatic carbocycles. The van der Waals surface area contributed by atoms with Crippen molar-refractivity contribution in [2.45, 2.75) is 19.8 Å². The van der Waals surface area contributed by atoms with Crippen LogP contribution in [0.4, 0.5) is 5.69 Å². The average Bonchev–Trinajstić information content (AvgIpc) is 2.85. The van der Waals surface area contributed by atoms with Gasteiger partial charge in [0, 0.05) is 16.6 Å². The maximum absolute atomic E-state index is 13.0. The number of hydrogen-bond donors (Lipinski definition) is 2. The zero-order chi connectivity index (χ0) is 26.4. The molecule has 8 nitrogen and oxygen atoms in total. The van der Waals surface area contributed by atoms with Crippen LogP contribution < -0.4 is 15.4 Å². The van der Waals surface area contributed by atoms with Crippen LogP contribution in [0.15, 0.2) is 47.0 Å². The lowest BCUT2D eigenvalue weighted by Crippen LogP contribution is -2.44. The zero-order valence-corrected chi connectivity index (χ0v) is 22.0. The number of esters is 1. The summed E-state index contributed by atoms with van der Waals surface area (Å²) in [7, 11) is 1.17. The number of thioether (sulfide) groups is 1. The fourth-order valence-electron chi connectivity index (χ4n) is 3.72. The van der Waals surface area contributed by atoms with Gasteiger partial charge in [0.2, 0.25) is 11.8 Å². The quantitative estimate of drug-likeness (QED) is 0.359. The third-order valence-corrected chi connectivity index (χ3v) is 6.97. The Morgan fingerprint density at radius 2 is 1.97 bits per heavy atom. The molecule has 1 heterocycles. The maximum Gasteiger partial charge on any atom is 0.319 e. The van der Waals surface area contributed by atoms with Crippen molar-refractivity contribution in [1.82, 2.24) is 5.32 Å². The molecule has 0 unspecified atom stereocenters. The van der Waals surface area contributed by atoms with E-state index in [9.17, 15) is 19.6 Å². The second kappa shape index (κ2) is 12.2. The molecule has 11 heteroatoms. The number of hydrogen-bond acceptors (Lipinski definition) is 7. The van der Waals surface area contributed by atoms with Gasteiger partial charge in [-0.2, -0.15) is 5.26 Å². The van der Waals surface area contributed by atoms with E-state index in [4.69, 9.17) is 32.7 Å². The van der Waals surface area contributed by atoms with Crippen molar-refractivity contribution in [3.8, 4) is 11.8 Å². The highest BCUT2D eigenvalue weighted by molar-refractivity contribution is 8.03. The third kappa shape index (κ3) is 6.13. The van der Waals surface area contributed by atoms with Crippen molar-refractivity contribution in [1.29, 1.82) is 5.26 Å². The highest BCUT2D eigenvalue weighted by Crippen LogP contribution is 2.42. The first-order valence-electron chi connectivity index (χ1n) is 10.8. The van der Waals surface area contributed by atoms with Gasteiger partial charge in [0.05, 0.1) is 41.2 Å². The van der Waals surface area contributed by atoms with Crippen molar-refractivity contribution in [3.05, 3.63) is 68.2 Å². The summed E-state index contributed by atoms with van der Waals surface area (Å²) in [5, 5.41) is 16.3.